The number of methoxy groups -OCH3 is 4. The molecule has 0 saturated heterocycles. The van der Waals surface area contributed by atoms with Crippen LogP contribution in [0, 0.1) is 0 Å². The number of benzene rings is 2. The first-order valence-electron chi connectivity index (χ1n) is 8.69. The lowest BCUT2D eigenvalue weighted by atomic mass is 10.1. The Balaban J connectivity index is 2.34. The Morgan fingerprint density at radius 2 is 1.50 bits per heavy atom. The molecule has 2 rings (SSSR count). The van der Waals surface area contributed by atoms with Crippen LogP contribution in [0.5, 0.6) is 23.0 Å². The summed E-state index contributed by atoms with van der Waals surface area (Å²) in [6, 6.07) is 7.75. The van der Waals surface area contributed by atoms with Crippen molar-refractivity contribution < 1.29 is 32.2 Å². The highest BCUT2D eigenvalue weighted by Crippen LogP contribution is 2.35. The number of sulfonamides is 1. The van der Waals surface area contributed by atoms with Gasteiger partial charge < -0.3 is 24.3 Å². The highest BCUT2D eigenvalue weighted by Gasteiger charge is 2.14. The number of carbonyl (C=O) groups is 1. The summed E-state index contributed by atoms with van der Waals surface area (Å²) in [7, 11) is 1.97. The second kappa shape index (κ2) is 9.88. The first kappa shape index (κ1) is 22.9. The van der Waals surface area contributed by atoms with Crippen LogP contribution in [0.25, 0.3) is 6.08 Å². The summed E-state index contributed by atoms with van der Waals surface area (Å²) in [6.07, 6.45) is 1.36. The van der Waals surface area contributed by atoms with Gasteiger partial charge in [0.25, 0.3) is 10.0 Å². The van der Waals surface area contributed by atoms with E-state index in [1.165, 1.54) is 53.6 Å². The van der Waals surface area contributed by atoms with Crippen LogP contribution >= 0.6 is 0 Å². The van der Waals surface area contributed by atoms with Crippen LogP contribution in [0.2, 0.25) is 0 Å². The van der Waals surface area contributed by atoms with Gasteiger partial charge in [-0.3, -0.25) is 9.52 Å². The number of hydrogen-bond acceptors (Lipinski definition) is 7. The zero-order valence-corrected chi connectivity index (χ0v) is 18.1. The first-order valence-corrected chi connectivity index (χ1v) is 10.2. The largest absolute Gasteiger partial charge is 0.496 e. The van der Waals surface area contributed by atoms with Gasteiger partial charge in [0.1, 0.15) is 23.0 Å². The molecule has 0 heterocycles. The Hall–Kier alpha value is -3.40. The van der Waals surface area contributed by atoms with Crippen molar-refractivity contribution in [3.8, 4) is 23.0 Å². The summed E-state index contributed by atoms with van der Waals surface area (Å²) >= 11 is 0. The van der Waals surface area contributed by atoms with Gasteiger partial charge in [0.2, 0.25) is 5.91 Å². The molecule has 2 aromatic carbocycles. The highest BCUT2D eigenvalue weighted by molar-refractivity contribution is 7.95. The number of amides is 1. The molecule has 0 unspecified atom stereocenters. The van der Waals surface area contributed by atoms with Crippen LogP contribution in [-0.4, -0.2) is 42.8 Å². The normalized spacial score (nSPS) is 11.1. The van der Waals surface area contributed by atoms with E-state index < -0.39 is 10.0 Å². The monoisotopic (exact) mass is 436 g/mol. The van der Waals surface area contributed by atoms with Crippen molar-refractivity contribution in [1.82, 2.24) is 0 Å². The summed E-state index contributed by atoms with van der Waals surface area (Å²) in [4.78, 5) is 11.4. The van der Waals surface area contributed by atoms with E-state index >= 15 is 0 Å². The standard InChI is InChI=1S/C20H24N2O7S/c1-13(23)21-17-10-14(6-7-18(17)27-3)22-30(24,25)9-8-16-19(28-4)11-15(26-2)12-20(16)29-5/h6-12,22H,1-5H3,(H,21,23). The Kier molecular flexibility index (Phi) is 7.54. The molecule has 0 fully saturated rings. The highest BCUT2D eigenvalue weighted by atomic mass is 32.2. The maximum Gasteiger partial charge on any atom is 0.255 e. The maximum absolute atomic E-state index is 12.6. The van der Waals surface area contributed by atoms with Crippen molar-refractivity contribution in [3.05, 3.63) is 41.3 Å². The Labute approximate surface area is 175 Å². The number of rotatable bonds is 9. The van der Waals surface area contributed by atoms with Crippen molar-refractivity contribution in [1.29, 1.82) is 0 Å². The van der Waals surface area contributed by atoms with Gasteiger partial charge in [0.05, 0.1) is 50.8 Å². The van der Waals surface area contributed by atoms with Crippen molar-refractivity contribution >= 4 is 33.4 Å². The zero-order valence-electron chi connectivity index (χ0n) is 17.3. The molecule has 162 valence electrons. The Bertz CT molecular complexity index is 1020. The summed E-state index contributed by atoms with van der Waals surface area (Å²) in [5.74, 6) is 1.36. The van der Waals surface area contributed by atoms with Gasteiger partial charge in [-0.15, -0.1) is 0 Å². The molecule has 0 bridgehead atoms. The third-order valence-corrected chi connectivity index (χ3v) is 4.95. The van der Waals surface area contributed by atoms with E-state index in [9.17, 15) is 13.2 Å². The smallest absolute Gasteiger partial charge is 0.255 e. The van der Waals surface area contributed by atoms with Crippen LogP contribution in [-0.2, 0) is 14.8 Å². The number of anilines is 2. The zero-order chi connectivity index (χ0) is 22.3. The summed E-state index contributed by atoms with van der Waals surface area (Å²) in [6.45, 7) is 1.34. The van der Waals surface area contributed by atoms with Crippen molar-refractivity contribution in [3.63, 3.8) is 0 Å². The maximum atomic E-state index is 12.6. The summed E-state index contributed by atoms with van der Waals surface area (Å²) < 4.78 is 48.5. The van der Waals surface area contributed by atoms with Gasteiger partial charge in [0, 0.05) is 19.1 Å². The van der Waals surface area contributed by atoms with Crippen LogP contribution in [0.4, 0.5) is 11.4 Å². The molecule has 1 amide bonds. The van der Waals surface area contributed by atoms with E-state index in [-0.39, 0.29) is 11.6 Å². The molecule has 9 nitrogen and oxygen atoms in total. The van der Waals surface area contributed by atoms with Gasteiger partial charge in [-0.25, -0.2) is 8.42 Å². The minimum absolute atomic E-state index is 0.248. The van der Waals surface area contributed by atoms with E-state index in [4.69, 9.17) is 18.9 Å². The van der Waals surface area contributed by atoms with Crippen LogP contribution in [0.3, 0.4) is 0 Å². The molecular formula is C20H24N2O7S. The van der Waals surface area contributed by atoms with Crippen molar-refractivity contribution in [2.75, 3.05) is 38.5 Å². The van der Waals surface area contributed by atoms with E-state index in [1.54, 1.807) is 18.2 Å². The minimum atomic E-state index is -3.89. The second-order valence-electron chi connectivity index (χ2n) is 5.99. The predicted octanol–water partition coefficient (Wildman–Crippen LogP) is 3.09. The van der Waals surface area contributed by atoms with Gasteiger partial charge in [-0.2, -0.15) is 0 Å². The number of nitrogens with one attached hydrogen (secondary N) is 2. The summed E-state index contributed by atoms with van der Waals surface area (Å²) in [5.41, 5.74) is 1.02. The second-order valence-corrected chi connectivity index (χ2v) is 7.56. The van der Waals surface area contributed by atoms with Crippen LogP contribution in [0.1, 0.15) is 12.5 Å². The van der Waals surface area contributed by atoms with Gasteiger partial charge >= 0.3 is 0 Å². The molecule has 0 aliphatic carbocycles. The lowest BCUT2D eigenvalue weighted by Crippen LogP contribution is -2.11. The molecule has 0 aromatic heterocycles. The summed E-state index contributed by atoms with van der Waals surface area (Å²) in [5, 5.41) is 3.58. The SMILES string of the molecule is COc1cc(OC)c(C=CS(=O)(=O)Nc2ccc(OC)c(NC(C)=O)c2)c(OC)c1. The fourth-order valence-corrected chi connectivity index (χ4v) is 3.45. The molecular weight excluding hydrogens is 412 g/mol. The lowest BCUT2D eigenvalue weighted by molar-refractivity contribution is -0.114. The number of hydrogen-bond donors (Lipinski definition) is 2. The van der Waals surface area contributed by atoms with Gasteiger partial charge in [-0.05, 0) is 24.3 Å². The van der Waals surface area contributed by atoms with Gasteiger partial charge in [0.15, 0.2) is 0 Å². The molecule has 0 aliphatic heterocycles. The van der Waals surface area contributed by atoms with Crippen LogP contribution in [0.15, 0.2) is 35.7 Å². The predicted molar refractivity (Wildman–Crippen MR) is 115 cm³/mol. The Morgan fingerprint density at radius 3 is 2.00 bits per heavy atom. The fourth-order valence-electron chi connectivity index (χ4n) is 2.61. The minimum Gasteiger partial charge on any atom is -0.496 e. The third-order valence-electron chi connectivity index (χ3n) is 3.94. The topological polar surface area (TPSA) is 112 Å². The molecule has 10 heteroatoms. The van der Waals surface area contributed by atoms with E-state index in [1.807, 2.05) is 0 Å². The molecule has 0 aliphatic rings. The fraction of sp³-hybridized carbons (Fsp3) is 0.250. The average Bonchev–Trinajstić information content (AvgIpc) is 2.71. The third kappa shape index (κ3) is 5.80. The number of carbonyl (C=O) groups excluding carboxylic acids is 1. The molecule has 30 heavy (non-hydrogen) atoms. The molecule has 2 aromatic rings. The molecule has 0 spiro atoms. The molecule has 0 atom stereocenters. The molecule has 0 radical (unpaired) electrons. The lowest BCUT2D eigenvalue weighted by Gasteiger charge is -2.13. The molecule has 0 saturated carbocycles. The first-order chi connectivity index (χ1) is 14.2. The Morgan fingerprint density at radius 1 is 0.900 bits per heavy atom. The van der Waals surface area contributed by atoms with Gasteiger partial charge in [-0.1, -0.05) is 0 Å². The average molecular weight is 436 g/mol. The van der Waals surface area contributed by atoms with Crippen LogP contribution < -0.4 is 29.0 Å². The molecule has 2 N–H and O–H groups in total. The van der Waals surface area contributed by atoms with E-state index in [2.05, 4.69) is 10.0 Å². The van der Waals surface area contributed by atoms with E-state index in [0.717, 1.165) is 5.41 Å². The number of ether oxygens (including phenoxy) is 4. The van der Waals surface area contributed by atoms with Crippen molar-refractivity contribution in [2.24, 2.45) is 0 Å². The van der Waals surface area contributed by atoms with Crippen molar-refractivity contribution in [2.45, 2.75) is 6.92 Å². The van der Waals surface area contributed by atoms with E-state index in [0.29, 0.717) is 34.2 Å². The quantitative estimate of drug-likeness (QED) is 0.621.